The van der Waals surface area contributed by atoms with Crippen molar-refractivity contribution in [3.05, 3.63) is 72.4 Å². The monoisotopic (exact) mass is 447 g/mol. The summed E-state index contributed by atoms with van der Waals surface area (Å²) in [5, 5.41) is 3.42. The van der Waals surface area contributed by atoms with Crippen molar-refractivity contribution >= 4 is 15.7 Å². The van der Waals surface area contributed by atoms with Gasteiger partial charge in [0.15, 0.2) is 0 Å². The fraction of sp³-hybridized carbons (Fsp3) is 0.346. The standard InChI is InChI=1S/C26H29N3O2S/c30-32(31,23-8-2-1-3-9-23)24-12-10-20(11-13-24)22-18-25(21-6-4-5-7-21)26(28-19-22)29-16-14-27-15-17-29/h1-3,8-13,18-19,21,27H,4-7,14-17H2. The largest absolute Gasteiger partial charge is 0.354 e. The van der Waals surface area contributed by atoms with Gasteiger partial charge >= 0.3 is 0 Å². The molecule has 5 rings (SSSR count). The van der Waals surface area contributed by atoms with E-state index in [0.29, 0.717) is 15.7 Å². The molecule has 1 saturated heterocycles. The summed E-state index contributed by atoms with van der Waals surface area (Å²) < 4.78 is 25.8. The van der Waals surface area contributed by atoms with Crippen LogP contribution in [0.15, 0.2) is 76.7 Å². The first-order valence-corrected chi connectivity index (χ1v) is 13.0. The van der Waals surface area contributed by atoms with E-state index >= 15 is 0 Å². The zero-order valence-corrected chi connectivity index (χ0v) is 19.0. The maximum atomic E-state index is 12.9. The minimum Gasteiger partial charge on any atom is -0.354 e. The number of pyridine rings is 1. The molecule has 3 aromatic rings. The van der Waals surface area contributed by atoms with E-state index in [1.165, 1.54) is 31.2 Å². The second-order valence-corrected chi connectivity index (χ2v) is 10.6. The molecule has 0 unspecified atom stereocenters. The predicted octanol–water partition coefficient (Wildman–Crippen LogP) is 4.65. The van der Waals surface area contributed by atoms with Gasteiger partial charge in [0.2, 0.25) is 9.84 Å². The minimum absolute atomic E-state index is 0.314. The number of sulfone groups is 1. The van der Waals surface area contributed by atoms with Crippen LogP contribution in [0.2, 0.25) is 0 Å². The number of rotatable bonds is 5. The molecule has 0 spiro atoms. The molecule has 166 valence electrons. The van der Waals surface area contributed by atoms with Gasteiger partial charge in [-0.05, 0) is 60.2 Å². The summed E-state index contributed by atoms with van der Waals surface area (Å²) in [6.45, 7) is 3.95. The molecule has 0 radical (unpaired) electrons. The van der Waals surface area contributed by atoms with Crippen LogP contribution in [0, 0.1) is 0 Å². The molecule has 2 fully saturated rings. The van der Waals surface area contributed by atoms with Crippen LogP contribution in [0.3, 0.4) is 0 Å². The van der Waals surface area contributed by atoms with Gasteiger partial charge in [-0.1, -0.05) is 43.2 Å². The van der Waals surface area contributed by atoms with Gasteiger partial charge in [-0.15, -0.1) is 0 Å². The molecule has 2 heterocycles. The van der Waals surface area contributed by atoms with Crippen molar-refractivity contribution in [3.63, 3.8) is 0 Å². The first-order chi connectivity index (χ1) is 15.6. The SMILES string of the molecule is O=S(=O)(c1ccccc1)c1ccc(-c2cnc(N3CCNCC3)c(C3CCCC3)c2)cc1. The molecular weight excluding hydrogens is 418 g/mol. The van der Waals surface area contributed by atoms with E-state index in [0.717, 1.165) is 43.1 Å². The topological polar surface area (TPSA) is 62.3 Å². The van der Waals surface area contributed by atoms with Crippen molar-refractivity contribution in [2.24, 2.45) is 0 Å². The lowest BCUT2D eigenvalue weighted by Gasteiger charge is -2.31. The summed E-state index contributed by atoms with van der Waals surface area (Å²) in [6, 6.07) is 18.1. The van der Waals surface area contributed by atoms with Crippen LogP contribution in [0.5, 0.6) is 0 Å². The van der Waals surface area contributed by atoms with Crippen LogP contribution in [0.4, 0.5) is 5.82 Å². The lowest BCUT2D eigenvalue weighted by atomic mass is 9.94. The number of anilines is 1. The molecule has 1 saturated carbocycles. The highest BCUT2D eigenvalue weighted by molar-refractivity contribution is 7.91. The third-order valence-electron chi connectivity index (χ3n) is 6.66. The molecular formula is C26H29N3O2S. The lowest BCUT2D eigenvalue weighted by molar-refractivity contribution is 0.579. The number of nitrogens with one attached hydrogen (secondary N) is 1. The van der Waals surface area contributed by atoms with Crippen molar-refractivity contribution in [2.45, 2.75) is 41.4 Å². The van der Waals surface area contributed by atoms with E-state index < -0.39 is 9.84 Å². The van der Waals surface area contributed by atoms with Gasteiger partial charge in [0.1, 0.15) is 5.82 Å². The average Bonchev–Trinajstić information content (AvgIpc) is 3.40. The first-order valence-electron chi connectivity index (χ1n) is 11.5. The Bertz CT molecular complexity index is 1170. The van der Waals surface area contributed by atoms with Crippen LogP contribution in [0.1, 0.15) is 37.2 Å². The third kappa shape index (κ3) is 4.17. The second kappa shape index (κ2) is 9.04. The number of hydrogen-bond acceptors (Lipinski definition) is 5. The van der Waals surface area contributed by atoms with Crippen molar-refractivity contribution in [3.8, 4) is 11.1 Å². The molecule has 6 heteroatoms. The quantitative estimate of drug-likeness (QED) is 0.617. The van der Waals surface area contributed by atoms with E-state index in [1.807, 2.05) is 24.4 Å². The highest BCUT2D eigenvalue weighted by Gasteiger charge is 2.25. The van der Waals surface area contributed by atoms with Gasteiger partial charge in [0, 0.05) is 37.9 Å². The summed E-state index contributed by atoms with van der Waals surface area (Å²) in [4.78, 5) is 7.96. The Hall–Kier alpha value is -2.70. The minimum atomic E-state index is -3.51. The number of benzene rings is 2. The maximum absolute atomic E-state index is 12.9. The first kappa shape index (κ1) is 21.2. The molecule has 5 nitrogen and oxygen atoms in total. The highest BCUT2D eigenvalue weighted by Crippen LogP contribution is 2.40. The zero-order valence-electron chi connectivity index (χ0n) is 18.2. The Morgan fingerprint density at radius 1 is 0.844 bits per heavy atom. The van der Waals surface area contributed by atoms with E-state index in [1.54, 1.807) is 36.4 Å². The summed E-state index contributed by atoms with van der Waals surface area (Å²) in [5.41, 5.74) is 3.40. The van der Waals surface area contributed by atoms with Crippen LogP contribution in [0.25, 0.3) is 11.1 Å². The van der Waals surface area contributed by atoms with Crippen LogP contribution < -0.4 is 10.2 Å². The van der Waals surface area contributed by atoms with Crippen molar-refractivity contribution in [1.82, 2.24) is 10.3 Å². The van der Waals surface area contributed by atoms with E-state index in [2.05, 4.69) is 16.3 Å². The molecule has 0 atom stereocenters. The maximum Gasteiger partial charge on any atom is 0.206 e. The normalized spacial score (nSPS) is 17.6. The van der Waals surface area contributed by atoms with E-state index in [4.69, 9.17) is 4.98 Å². The van der Waals surface area contributed by atoms with Crippen LogP contribution in [-0.2, 0) is 9.84 Å². The van der Waals surface area contributed by atoms with Gasteiger partial charge in [-0.3, -0.25) is 0 Å². The molecule has 1 N–H and O–H groups in total. The predicted molar refractivity (Wildman–Crippen MR) is 128 cm³/mol. The van der Waals surface area contributed by atoms with Gasteiger partial charge in [0.05, 0.1) is 9.79 Å². The van der Waals surface area contributed by atoms with Crippen molar-refractivity contribution < 1.29 is 8.42 Å². The zero-order chi connectivity index (χ0) is 22.0. The summed E-state index contributed by atoms with van der Waals surface area (Å²) in [7, 11) is -3.51. The lowest BCUT2D eigenvalue weighted by Crippen LogP contribution is -2.44. The number of hydrogen-bond donors (Lipinski definition) is 1. The Balaban J connectivity index is 1.47. The summed E-state index contributed by atoms with van der Waals surface area (Å²) in [6.07, 6.45) is 6.94. The highest BCUT2D eigenvalue weighted by atomic mass is 32.2. The molecule has 1 aliphatic heterocycles. The average molecular weight is 448 g/mol. The second-order valence-electron chi connectivity index (χ2n) is 8.70. The molecule has 1 aromatic heterocycles. The molecule has 0 bridgehead atoms. The van der Waals surface area contributed by atoms with Crippen LogP contribution >= 0.6 is 0 Å². The fourth-order valence-electron chi connectivity index (χ4n) is 4.87. The number of nitrogens with zero attached hydrogens (tertiary/aromatic N) is 2. The van der Waals surface area contributed by atoms with E-state index in [-0.39, 0.29) is 0 Å². The molecule has 32 heavy (non-hydrogen) atoms. The number of piperazine rings is 1. The Labute approximate surface area is 190 Å². The Morgan fingerprint density at radius 3 is 2.19 bits per heavy atom. The summed E-state index contributed by atoms with van der Waals surface area (Å²) in [5.74, 6) is 1.69. The van der Waals surface area contributed by atoms with Gasteiger partial charge in [-0.25, -0.2) is 13.4 Å². The van der Waals surface area contributed by atoms with E-state index in [9.17, 15) is 8.42 Å². The molecule has 2 aromatic carbocycles. The number of aromatic nitrogens is 1. The molecule has 2 aliphatic rings. The molecule has 1 aliphatic carbocycles. The van der Waals surface area contributed by atoms with Crippen molar-refractivity contribution in [1.29, 1.82) is 0 Å². The van der Waals surface area contributed by atoms with Gasteiger partial charge < -0.3 is 10.2 Å². The Morgan fingerprint density at radius 2 is 1.50 bits per heavy atom. The van der Waals surface area contributed by atoms with Crippen LogP contribution in [-0.4, -0.2) is 39.6 Å². The Kier molecular flexibility index (Phi) is 5.98. The van der Waals surface area contributed by atoms with Crippen molar-refractivity contribution in [2.75, 3.05) is 31.1 Å². The molecule has 0 amide bonds. The van der Waals surface area contributed by atoms with Gasteiger partial charge in [0.25, 0.3) is 0 Å². The third-order valence-corrected chi connectivity index (χ3v) is 8.44. The smallest absolute Gasteiger partial charge is 0.206 e. The summed E-state index contributed by atoms with van der Waals surface area (Å²) >= 11 is 0. The van der Waals surface area contributed by atoms with Gasteiger partial charge in [-0.2, -0.15) is 0 Å². The fourth-order valence-corrected chi connectivity index (χ4v) is 6.15.